The second-order valence-electron chi connectivity index (χ2n) is 6.37. The van der Waals surface area contributed by atoms with E-state index in [0.29, 0.717) is 19.5 Å². The first-order valence-corrected chi connectivity index (χ1v) is 8.27. The van der Waals surface area contributed by atoms with Crippen molar-refractivity contribution in [3.05, 3.63) is 35.9 Å². The lowest BCUT2D eigenvalue weighted by molar-refractivity contribution is -0.143. The fraction of sp³-hybridized carbons (Fsp3) is 0.500. The smallest absolute Gasteiger partial charge is 0.326 e. The van der Waals surface area contributed by atoms with Crippen molar-refractivity contribution < 1.29 is 19.5 Å². The van der Waals surface area contributed by atoms with Gasteiger partial charge in [0, 0.05) is 19.5 Å². The summed E-state index contributed by atoms with van der Waals surface area (Å²) in [4.78, 5) is 37.5. The zero-order valence-corrected chi connectivity index (χ0v) is 14.1. The van der Waals surface area contributed by atoms with E-state index >= 15 is 0 Å². The van der Waals surface area contributed by atoms with E-state index in [0.717, 1.165) is 5.56 Å². The fourth-order valence-electron chi connectivity index (χ4n) is 2.86. The molecule has 3 atom stereocenters. The summed E-state index contributed by atoms with van der Waals surface area (Å²) in [7, 11) is 0. The minimum absolute atomic E-state index is 0.0746. The number of rotatable bonds is 7. The normalized spacial score (nSPS) is 19.8. The van der Waals surface area contributed by atoms with Crippen LogP contribution in [0.1, 0.15) is 32.3 Å². The number of hydrogen-bond acceptors (Lipinski definition) is 3. The number of amides is 2. The number of hydrogen-bond donors (Lipinski definition) is 2. The number of nitrogens with one attached hydrogen (secondary N) is 1. The number of carboxylic acids is 1. The van der Waals surface area contributed by atoms with Gasteiger partial charge in [-0.1, -0.05) is 50.6 Å². The van der Waals surface area contributed by atoms with Gasteiger partial charge in [0.1, 0.15) is 6.04 Å². The third-order valence-corrected chi connectivity index (χ3v) is 4.58. The average Bonchev–Trinajstić information content (AvgIpc) is 2.93. The van der Waals surface area contributed by atoms with Gasteiger partial charge in [0.25, 0.3) is 0 Å². The van der Waals surface area contributed by atoms with Gasteiger partial charge in [0.2, 0.25) is 11.8 Å². The summed E-state index contributed by atoms with van der Waals surface area (Å²) in [5, 5.41) is 11.9. The van der Waals surface area contributed by atoms with E-state index in [4.69, 9.17) is 0 Å². The monoisotopic (exact) mass is 332 g/mol. The number of carbonyl (C=O) groups excluding carboxylic acids is 2. The summed E-state index contributed by atoms with van der Waals surface area (Å²) < 4.78 is 0. The van der Waals surface area contributed by atoms with Gasteiger partial charge in [-0.3, -0.25) is 9.59 Å². The molecule has 2 N–H and O–H groups in total. The second-order valence-corrected chi connectivity index (χ2v) is 6.37. The van der Waals surface area contributed by atoms with Crippen molar-refractivity contribution in [1.82, 2.24) is 10.2 Å². The summed E-state index contributed by atoms with van der Waals surface area (Å²) in [6.45, 7) is 4.47. The van der Waals surface area contributed by atoms with Crippen LogP contribution in [0, 0.1) is 11.8 Å². The Kier molecular flexibility index (Phi) is 5.95. The third kappa shape index (κ3) is 4.34. The Labute approximate surface area is 141 Å². The Morgan fingerprint density at radius 1 is 1.33 bits per heavy atom. The van der Waals surface area contributed by atoms with Gasteiger partial charge in [-0.25, -0.2) is 4.79 Å². The summed E-state index contributed by atoms with van der Waals surface area (Å²) >= 11 is 0. The van der Waals surface area contributed by atoms with Gasteiger partial charge < -0.3 is 15.3 Å². The van der Waals surface area contributed by atoms with Crippen molar-refractivity contribution in [1.29, 1.82) is 0 Å². The van der Waals surface area contributed by atoms with Gasteiger partial charge in [-0.05, 0) is 11.5 Å². The van der Waals surface area contributed by atoms with E-state index in [1.165, 1.54) is 0 Å². The van der Waals surface area contributed by atoms with Crippen LogP contribution < -0.4 is 5.32 Å². The minimum atomic E-state index is -1.04. The van der Waals surface area contributed by atoms with Crippen molar-refractivity contribution in [2.45, 2.75) is 39.3 Å². The Hall–Kier alpha value is -2.37. The number of carboxylic acid groups (broad SMARTS) is 1. The van der Waals surface area contributed by atoms with Crippen LogP contribution in [0.2, 0.25) is 0 Å². The molecule has 1 fully saturated rings. The predicted octanol–water partition coefficient (Wildman–Crippen LogP) is 1.65. The van der Waals surface area contributed by atoms with Crippen LogP contribution in [0.5, 0.6) is 0 Å². The van der Waals surface area contributed by atoms with Crippen LogP contribution in [0.3, 0.4) is 0 Å². The first-order chi connectivity index (χ1) is 11.4. The summed E-state index contributed by atoms with van der Waals surface area (Å²) in [6, 6.07) is 8.68. The standard InChI is InChI=1S/C18H24N2O4/c1-3-12(2)16(18(23)24)19-17(22)14-9-15(21)20(11-14)10-13-7-5-4-6-8-13/h4-8,12,14,16H,3,9-11H2,1-2H3,(H,19,22)(H,23,24)/t12-,14?,16-/m0/s1. The number of likely N-dealkylation sites (tertiary alicyclic amines) is 1. The van der Waals surface area contributed by atoms with E-state index in [1.807, 2.05) is 37.3 Å². The summed E-state index contributed by atoms with van der Waals surface area (Å²) in [5.41, 5.74) is 1.01. The van der Waals surface area contributed by atoms with Crippen molar-refractivity contribution >= 4 is 17.8 Å². The van der Waals surface area contributed by atoms with Crippen LogP contribution in [0.25, 0.3) is 0 Å². The molecule has 0 radical (unpaired) electrons. The second kappa shape index (κ2) is 7.95. The van der Waals surface area contributed by atoms with Crippen molar-refractivity contribution in [3.8, 4) is 0 Å². The van der Waals surface area contributed by atoms with Crippen LogP contribution in [0.4, 0.5) is 0 Å². The topological polar surface area (TPSA) is 86.7 Å². The predicted molar refractivity (Wildman–Crippen MR) is 89.0 cm³/mol. The minimum Gasteiger partial charge on any atom is -0.480 e. The highest BCUT2D eigenvalue weighted by molar-refractivity contribution is 5.91. The number of aliphatic carboxylic acids is 1. The third-order valence-electron chi connectivity index (χ3n) is 4.58. The molecule has 6 nitrogen and oxygen atoms in total. The molecular formula is C18H24N2O4. The number of benzene rings is 1. The highest BCUT2D eigenvalue weighted by Gasteiger charge is 2.36. The van der Waals surface area contributed by atoms with Gasteiger partial charge in [0.05, 0.1) is 5.92 Å². The summed E-state index contributed by atoms with van der Waals surface area (Å²) in [5.74, 6) is -2.12. The van der Waals surface area contributed by atoms with Crippen LogP contribution >= 0.6 is 0 Å². The van der Waals surface area contributed by atoms with Crippen LogP contribution in [-0.2, 0) is 20.9 Å². The molecule has 2 rings (SSSR count). The first-order valence-electron chi connectivity index (χ1n) is 8.27. The maximum atomic E-state index is 12.4. The first kappa shape index (κ1) is 18.0. The molecule has 0 aromatic heterocycles. The van der Waals surface area contributed by atoms with E-state index < -0.39 is 17.9 Å². The van der Waals surface area contributed by atoms with Crippen LogP contribution in [-0.4, -0.2) is 40.4 Å². The average molecular weight is 332 g/mol. The van der Waals surface area contributed by atoms with Gasteiger partial charge >= 0.3 is 5.97 Å². The lowest BCUT2D eigenvalue weighted by atomic mass is 9.98. The molecule has 0 saturated carbocycles. The number of nitrogens with zero attached hydrogens (tertiary/aromatic N) is 1. The maximum absolute atomic E-state index is 12.4. The molecule has 1 aliphatic rings. The Morgan fingerprint density at radius 2 is 2.00 bits per heavy atom. The highest BCUT2D eigenvalue weighted by atomic mass is 16.4. The molecule has 1 saturated heterocycles. The van der Waals surface area contributed by atoms with E-state index in [2.05, 4.69) is 5.32 Å². The van der Waals surface area contributed by atoms with E-state index in [1.54, 1.807) is 11.8 Å². The number of carbonyl (C=O) groups is 3. The molecule has 0 bridgehead atoms. The molecule has 2 amide bonds. The van der Waals surface area contributed by atoms with Gasteiger partial charge in [-0.2, -0.15) is 0 Å². The highest BCUT2D eigenvalue weighted by Crippen LogP contribution is 2.21. The molecule has 1 unspecified atom stereocenters. The molecule has 1 aliphatic heterocycles. The SMILES string of the molecule is CC[C@H](C)[C@H](NC(=O)C1CC(=O)N(Cc2ccccc2)C1)C(=O)O. The zero-order chi connectivity index (χ0) is 17.7. The lowest BCUT2D eigenvalue weighted by Gasteiger charge is -2.22. The van der Waals surface area contributed by atoms with Gasteiger partial charge in [-0.15, -0.1) is 0 Å². The van der Waals surface area contributed by atoms with Gasteiger partial charge in [0.15, 0.2) is 0 Å². The largest absolute Gasteiger partial charge is 0.480 e. The molecule has 0 spiro atoms. The van der Waals surface area contributed by atoms with E-state index in [-0.39, 0.29) is 24.2 Å². The quantitative estimate of drug-likeness (QED) is 0.795. The molecule has 6 heteroatoms. The lowest BCUT2D eigenvalue weighted by Crippen LogP contribution is -2.47. The maximum Gasteiger partial charge on any atom is 0.326 e. The zero-order valence-electron chi connectivity index (χ0n) is 14.1. The van der Waals surface area contributed by atoms with E-state index in [9.17, 15) is 19.5 Å². The van der Waals surface area contributed by atoms with Crippen LogP contribution in [0.15, 0.2) is 30.3 Å². The molecule has 1 heterocycles. The Morgan fingerprint density at radius 3 is 2.58 bits per heavy atom. The molecule has 1 aromatic rings. The molecular weight excluding hydrogens is 308 g/mol. The van der Waals surface area contributed by atoms with Crippen molar-refractivity contribution in [2.75, 3.05) is 6.54 Å². The summed E-state index contributed by atoms with van der Waals surface area (Å²) in [6.07, 6.45) is 0.784. The Bertz CT molecular complexity index is 602. The van der Waals surface area contributed by atoms with Crippen molar-refractivity contribution in [3.63, 3.8) is 0 Å². The molecule has 1 aromatic carbocycles. The fourth-order valence-corrected chi connectivity index (χ4v) is 2.86. The molecule has 130 valence electrons. The van der Waals surface area contributed by atoms with Crippen molar-refractivity contribution in [2.24, 2.45) is 11.8 Å². The molecule has 24 heavy (non-hydrogen) atoms. The molecule has 0 aliphatic carbocycles. The Balaban J connectivity index is 1.96.